The molecule has 0 saturated carbocycles. The normalized spacial score (nSPS) is 13.0. The highest BCUT2D eigenvalue weighted by Gasteiger charge is 2.16. The van der Waals surface area contributed by atoms with Crippen molar-refractivity contribution in [3.63, 3.8) is 0 Å². The standard InChI is InChI=1S/C25H24FN3O2/c1-3-19(26)14-13-17(2)22-15-23(29-28-22)20-11-7-8-12-21(20)25(31)27-16-24(30)18-9-5-4-6-10-18/h3-15,24,30H,1,16H2,2H3,(H,27,31)(H,28,29)/b17-13+,19-14+/t24-/m1/s1. The van der Waals surface area contributed by atoms with E-state index in [1.54, 1.807) is 24.3 Å². The summed E-state index contributed by atoms with van der Waals surface area (Å²) >= 11 is 0. The molecule has 0 spiro atoms. The van der Waals surface area contributed by atoms with Gasteiger partial charge in [0, 0.05) is 17.7 Å². The van der Waals surface area contributed by atoms with Gasteiger partial charge in [-0.25, -0.2) is 4.39 Å². The van der Waals surface area contributed by atoms with Crippen molar-refractivity contribution in [3.05, 3.63) is 108 Å². The van der Waals surface area contributed by atoms with Gasteiger partial charge in [0.05, 0.1) is 17.5 Å². The molecule has 0 saturated heterocycles. The van der Waals surface area contributed by atoms with E-state index in [0.717, 1.165) is 17.2 Å². The van der Waals surface area contributed by atoms with Crippen LogP contribution >= 0.6 is 0 Å². The highest BCUT2D eigenvalue weighted by molar-refractivity contribution is 6.00. The fourth-order valence-corrected chi connectivity index (χ4v) is 3.01. The van der Waals surface area contributed by atoms with Gasteiger partial charge in [-0.15, -0.1) is 0 Å². The van der Waals surface area contributed by atoms with Gasteiger partial charge in [-0.05, 0) is 42.3 Å². The molecule has 0 aliphatic rings. The zero-order chi connectivity index (χ0) is 22.2. The number of aromatic nitrogens is 2. The average molecular weight is 417 g/mol. The van der Waals surface area contributed by atoms with Gasteiger partial charge >= 0.3 is 0 Å². The summed E-state index contributed by atoms with van der Waals surface area (Å²) in [6.45, 7) is 5.28. The van der Waals surface area contributed by atoms with Gasteiger partial charge < -0.3 is 10.4 Å². The first-order chi connectivity index (χ1) is 15.0. The molecule has 2 aromatic carbocycles. The molecule has 158 valence electrons. The number of aliphatic hydroxyl groups excluding tert-OH is 1. The molecule has 1 atom stereocenters. The van der Waals surface area contributed by atoms with Gasteiger partial charge in [0.15, 0.2) is 0 Å². The molecule has 0 unspecified atom stereocenters. The molecule has 0 radical (unpaired) electrons. The molecular weight excluding hydrogens is 393 g/mol. The minimum Gasteiger partial charge on any atom is -0.387 e. The monoisotopic (exact) mass is 417 g/mol. The second-order valence-corrected chi connectivity index (χ2v) is 6.95. The number of halogens is 1. The van der Waals surface area contributed by atoms with Crippen LogP contribution in [0.1, 0.15) is 34.6 Å². The summed E-state index contributed by atoms with van der Waals surface area (Å²) < 4.78 is 13.3. The average Bonchev–Trinajstić information content (AvgIpc) is 3.31. The highest BCUT2D eigenvalue weighted by atomic mass is 19.1. The first-order valence-electron chi connectivity index (χ1n) is 9.82. The highest BCUT2D eigenvalue weighted by Crippen LogP contribution is 2.25. The number of carbonyl (C=O) groups excluding carboxylic acids is 1. The number of rotatable bonds is 8. The predicted octanol–water partition coefficient (Wildman–Crippen LogP) is 4.98. The first-order valence-corrected chi connectivity index (χ1v) is 9.82. The quantitative estimate of drug-likeness (QED) is 0.452. The Labute approximate surface area is 180 Å². The van der Waals surface area contributed by atoms with Crippen LogP contribution in [0, 0.1) is 0 Å². The summed E-state index contributed by atoms with van der Waals surface area (Å²) in [5.74, 6) is -0.736. The predicted molar refractivity (Wildman–Crippen MR) is 121 cm³/mol. The van der Waals surface area contributed by atoms with Crippen molar-refractivity contribution in [2.45, 2.75) is 13.0 Å². The number of amides is 1. The number of allylic oxidation sites excluding steroid dienone is 5. The van der Waals surface area contributed by atoms with E-state index >= 15 is 0 Å². The molecule has 0 bridgehead atoms. The number of aliphatic hydroxyl groups is 1. The van der Waals surface area contributed by atoms with Crippen LogP contribution in [0.3, 0.4) is 0 Å². The van der Waals surface area contributed by atoms with E-state index in [1.165, 1.54) is 6.08 Å². The molecule has 0 fully saturated rings. The molecule has 3 aromatic rings. The third-order valence-electron chi connectivity index (χ3n) is 4.77. The summed E-state index contributed by atoms with van der Waals surface area (Å²) in [6.07, 6.45) is 3.26. The molecule has 1 amide bonds. The smallest absolute Gasteiger partial charge is 0.252 e. The first kappa shape index (κ1) is 21.9. The van der Waals surface area contributed by atoms with Crippen molar-refractivity contribution in [2.24, 2.45) is 0 Å². The van der Waals surface area contributed by atoms with Crippen LogP contribution in [0.25, 0.3) is 16.8 Å². The van der Waals surface area contributed by atoms with Gasteiger partial charge in [-0.1, -0.05) is 61.2 Å². The Morgan fingerprint density at radius 1 is 1.19 bits per heavy atom. The topological polar surface area (TPSA) is 78.0 Å². The van der Waals surface area contributed by atoms with Crippen LogP contribution in [0.4, 0.5) is 4.39 Å². The Balaban J connectivity index is 1.77. The van der Waals surface area contributed by atoms with Crippen LogP contribution in [-0.2, 0) is 0 Å². The Bertz CT molecular complexity index is 1120. The van der Waals surface area contributed by atoms with Gasteiger partial charge in [-0.3, -0.25) is 9.89 Å². The van der Waals surface area contributed by atoms with Crippen molar-refractivity contribution >= 4 is 11.5 Å². The van der Waals surface area contributed by atoms with Crippen LogP contribution in [0.2, 0.25) is 0 Å². The third-order valence-corrected chi connectivity index (χ3v) is 4.77. The van der Waals surface area contributed by atoms with Gasteiger partial charge in [0.25, 0.3) is 5.91 Å². The summed E-state index contributed by atoms with van der Waals surface area (Å²) in [5.41, 5.74) is 3.92. The molecule has 5 nitrogen and oxygen atoms in total. The molecule has 1 heterocycles. The van der Waals surface area contributed by atoms with Gasteiger partial charge in [0.1, 0.15) is 5.83 Å². The SMILES string of the molecule is C=C/C(F)=C\C=C(/C)c1cc(-c2ccccc2C(=O)NC[C@@H](O)c2ccccc2)[nH]n1. The molecule has 6 heteroatoms. The molecular formula is C25H24FN3O2. The second-order valence-electron chi connectivity index (χ2n) is 6.95. The van der Waals surface area contributed by atoms with Crippen molar-refractivity contribution < 1.29 is 14.3 Å². The van der Waals surface area contributed by atoms with Crippen molar-refractivity contribution in [1.82, 2.24) is 15.5 Å². The molecule has 1 aromatic heterocycles. The molecule has 0 aliphatic carbocycles. The van der Waals surface area contributed by atoms with Crippen molar-refractivity contribution in [1.29, 1.82) is 0 Å². The van der Waals surface area contributed by atoms with Crippen molar-refractivity contribution in [2.75, 3.05) is 6.54 Å². The summed E-state index contributed by atoms with van der Waals surface area (Å²) in [6, 6.07) is 18.1. The zero-order valence-corrected chi connectivity index (χ0v) is 17.2. The maximum Gasteiger partial charge on any atom is 0.252 e. The van der Waals surface area contributed by atoms with E-state index in [-0.39, 0.29) is 12.5 Å². The second kappa shape index (κ2) is 10.3. The molecule has 31 heavy (non-hydrogen) atoms. The number of benzene rings is 2. The zero-order valence-electron chi connectivity index (χ0n) is 17.2. The van der Waals surface area contributed by atoms with Crippen LogP contribution in [0.15, 0.2) is 91.3 Å². The number of H-pyrrole nitrogens is 1. The van der Waals surface area contributed by atoms with E-state index in [2.05, 4.69) is 22.1 Å². The van der Waals surface area contributed by atoms with Gasteiger partial charge in [0.2, 0.25) is 0 Å². The maximum absolute atomic E-state index is 13.3. The van der Waals surface area contributed by atoms with Crippen LogP contribution in [0.5, 0.6) is 0 Å². The lowest BCUT2D eigenvalue weighted by Gasteiger charge is -2.13. The largest absolute Gasteiger partial charge is 0.387 e. The van der Waals surface area contributed by atoms with Crippen LogP contribution < -0.4 is 5.32 Å². The summed E-state index contributed by atoms with van der Waals surface area (Å²) in [7, 11) is 0. The van der Waals surface area contributed by atoms with E-state index in [4.69, 9.17) is 0 Å². The van der Waals surface area contributed by atoms with E-state index < -0.39 is 11.9 Å². The molecule has 3 N–H and O–H groups in total. The number of nitrogens with zero attached hydrogens (tertiary/aromatic N) is 1. The summed E-state index contributed by atoms with van der Waals surface area (Å²) in [5, 5.41) is 20.3. The number of nitrogens with one attached hydrogen (secondary N) is 2. The van der Waals surface area contributed by atoms with Crippen LogP contribution in [-0.4, -0.2) is 27.8 Å². The minimum absolute atomic E-state index is 0.0917. The summed E-state index contributed by atoms with van der Waals surface area (Å²) in [4.78, 5) is 12.8. The van der Waals surface area contributed by atoms with E-state index in [0.29, 0.717) is 22.5 Å². The van der Waals surface area contributed by atoms with E-state index in [9.17, 15) is 14.3 Å². The number of carbonyl (C=O) groups is 1. The number of aromatic amines is 1. The Morgan fingerprint density at radius 3 is 2.65 bits per heavy atom. The lowest BCUT2D eigenvalue weighted by molar-refractivity contribution is 0.0917. The van der Waals surface area contributed by atoms with E-state index in [1.807, 2.05) is 49.4 Å². The Kier molecular flexibility index (Phi) is 7.30. The molecule has 0 aliphatic heterocycles. The lowest BCUT2D eigenvalue weighted by Crippen LogP contribution is -2.28. The number of hydrogen-bond donors (Lipinski definition) is 3. The lowest BCUT2D eigenvalue weighted by atomic mass is 10.0. The Morgan fingerprint density at radius 2 is 1.90 bits per heavy atom. The maximum atomic E-state index is 13.3. The third kappa shape index (κ3) is 5.65. The van der Waals surface area contributed by atoms with Gasteiger partial charge in [-0.2, -0.15) is 5.10 Å². The number of hydrogen-bond acceptors (Lipinski definition) is 3. The minimum atomic E-state index is -0.798. The molecule has 3 rings (SSSR count). The Hall–Kier alpha value is -3.77. The fraction of sp³-hybridized carbons (Fsp3) is 0.120. The fourth-order valence-electron chi connectivity index (χ4n) is 3.01. The van der Waals surface area contributed by atoms with Crippen molar-refractivity contribution in [3.8, 4) is 11.3 Å².